The number of nitrogens with one attached hydrogen (secondary N) is 1. The summed E-state index contributed by atoms with van der Waals surface area (Å²) in [6.45, 7) is 1.08. The molecule has 1 saturated heterocycles. The first-order valence-corrected chi connectivity index (χ1v) is 10.5. The fourth-order valence-electron chi connectivity index (χ4n) is 3.10. The van der Waals surface area contributed by atoms with Crippen molar-refractivity contribution >= 4 is 27.5 Å². The Morgan fingerprint density at radius 2 is 1.75 bits per heavy atom. The molecule has 1 aromatic heterocycles. The lowest BCUT2D eigenvalue weighted by Crippen LogP contribution is -2.40. The first-order valence-electron chi connectivity index (χ1n) is 9.05. The van der Waals surface area contributed by atoms with Crippen LogP contribution in [0.2, 0.25) is 0 Å². The van der Waals surface area contributed by atoms with Crippen LogP contribution < -0.4 is 15.6 Å². The molecule has 2 amide bonds. The van der Waals surface area contributed by atoms with E-state index in [0.29, 0.717) is 24.3 Å². The van der Waals surface area contributed by atoms with Gasteiger partial charge in [-0.1, -0.05) is 6.42 Å². The molecule has 0 atom stereocenters. The van der Waals surface area contributed by atoms with Crippen molar-refractivity contribution in [2.24, 2.45) is 5.73 Å². The van der Waals surface area contributed by atoms with Crippen LogP contribution in [-0.4, -0.2) is 37.6 Å². The van der Waals surface area contributed by atoms with Gasteiger partial charge < -0.3 is 11.1 Å². The maximum absolute atomic E-state index is 12.6. The Bertz CT molecular complexity index is 968. The number of hydrogen-bond acceptors (Lipinski definition) is 4. The van der Waals surface area contributed by atoms with Gasteiger partial charge in [-0.2, -0.15) is 8.87 Å². The van der Waals surface area contributed by atoms with E-state index in [2.05, 4.69) is 5.32 Å². The Labute approximate surface area is 164 Å². The second-order valence-electron chi connectivity index (χ2n) is 6.67. The van der Waals surface area contributed by atoms with Gasteiger partial charge in [0.15, 0.2) is 12.4 Å². The number of hydrogen-bond donors (Lipinski definition) is 2. The van der Waals surface area contributed by atoms with E-state index in [0.717, 1.165) is 19.3 Å². The Balaban J connectivity index is 1.64. The fourth-order valence-corrected chi connectivity index (χ4v) is 4.61. The van der Waals surface area contributed by atoms with Gasteiger partial charge >= 0.3 is 0 Å². The summed E-state index contributed by atoms with van der Waals surface area (Å²) in [5.74, 6) is -0.876. The third-order valence-corrected chi connectivity index (χ3v) is 6.47. The molecule has 9 heteroatoms. The van der Waals surface area contributed by atoms with Crippen LogP contribution in [0.4, 0.5) is 5.69 Å². The van der Waals surface area contributed by atoms with Crippen molar-refractivity contribution in [1.82, 2.24) is 4.31 Å². The molecular formula is C19H23N4O4S+. The summed E-state index contributed by atoms with van der Waals surface area (Å²) in [6.07, 6.45) is 5.96. The van der Waals surface area contributed by atoms with Crippen molar-refractivity contribution in [3.05, 3.63) is 54.4 Å². The number of rotatable bonds is 6. The third-order valence-electron chi connectivity index (χ3n) is 4.56. The maximum atomic E-state index is 12.6. The van der Waals surface area contributed by atoms with Crippen LogP contribution in [-0.2, 0) is 21.4 Å². The minimum Gasteiger partial charge on any atom is -0.365 e. The highest BCUT2D eigenvalue weighted by molar-refractivity contribution is 7.89. The molecule has 2 aromatic rings. The van der Waals surface area contributed by atoms with E-state index < -0.39 is 15.9 Å². The van der Waals surface area contributed by atoms with E-state index in [1.54, 1.807) is 35.0 Å². The normalized spacial score (nSPS) is 15.1. The molecule has 1 aliphatic heterocycles. The molecule has 1 aromatic carbocycles. The number of carbonyl (C=O) groups excluding carboxylic acids is 2. The molecule has 0 aliphatic carbocycles. The number of piperidine rings is 1. The molecule has 3 rings (SSSR count). The number of nitrogens with zero attached hydrogens (tertiary/aromatic N) is 2. The molecule has 8 nitrogen and oxygen atoms in total. The van der Waals surface area contributed by atoms with Crippen molar-refractivity contribution in [3.8, 4) is 0 Å². The van der Waals surface area contributed by atoms with E-state index in [1.807, 2.05) is 0 Å². The SMILES string of the molecule is NC(=O)c1ccc[n+](CC(=O)Nc2ccc(S(=O)(=O)N3CCCCC3)cc2)c1. The molecule has 148 valence electrons. The number of anilines is 1. The lowest BCUT2D eigenvalue weighted by atomic mass is 10.2. The predicted molar refractivity (Wildman–Crippen MR) is 103 cm³/mol. The number of sulfonamides is 1. The van der Waals surface area contributed by atoms with Crippen LogP contribution in [0.3, 0.4) is 0 Å². The zero-order valence-electron chi connectivity index (χ0n) is 15.4. The Kier molecular flexibility index (Phi) is 6.05. The van der Waals surface area contributed by atoms with Crippen molar-refractivity contribution in [2.75, 3.05) is 18.4 Å². The Hall–Kier alpha value is -2.78. The van der Waals surface area contributed by atoms with Gasteiger partial charge in [-0.25, -0.2) is 8.42 Å². The van der Waals surface area contributed by atoms with E-state index in [9.17, 15) is 18.0 Å². The number of pyridine rings is 1. The van der Waals surface area contributed by atoms with Crippen LogP contribution >= 0.6 is 0 Å². The molecule has 0 unspecified atom stereocenters. The Morgan fingerprint density at radius 1 is 1.07 bits per heavy atom. The number of amides is 2. The van der Waals surface area contributed by atoms with Gasteiger partial charge in [-0.3, -0.25) is 9.59 Å². The van der Waals surface area contributed by atoms with Crippen molar-refractivity contribution in [3.63, 3.8) is 0 Å². The number of aromatic nitrogens is 1. The van der Waals surface area contributed by atoms with Gasteiger partial charge in [0.05, 0.1) is 4.90 Å². The van der Waals surface area contributed by atoms with Crippen LogP contribution in [0.5, 0.6) is 0 Å². The lowest BCUT2D eigenvalue weighted by molar-refractivity contribution is -0.684. The molecule has 2 heterocycles. The summed E-state index contributed by atoms with van der Waals surface area (Å²) in [6, 6.07) is 9.34. The van der Waals surface area contributed by atoms with Gasteiger partial charge in [-0.15, -0.1) is 0 Å². The summed E-state index contributed by atoms with van der Waals surface area (Å²) >= 11 is 0. The molecule has 0 radical (unpaired) electrons. The predicted octanol–water partition coefficient (Wildman–Crippen LogP) is 0.886. The average molecular weight is 403 g/mol. The van der Waals surface area contributed by atoms with E-state index in [1.165, 1.54) is 22.6 Å². The van der Waals surface area contributed by atoms with Crippen LogP contribution in [0, 0.1) is 0 Å². The van der Waals surface area contributed by atoms with E-state index in [4.69, 9.17) is 5.73 Å². The third kappa shape index (κ3) is 4.73. The van der Waals surface area contributed by atoms with Crippen LogP contribution in [0.15, 0.2) is 53.7 Å². The van der Waals surface area contributed by atoms with Crippen molar-refractivity contribution < 1.29 is 22.6 Å². The monoisotopic (exact) mass is 403 g/mol. The number of carbonyl (C=O) groups is 2. The molecule has 1 aliphatic rings. The number of primary amides is 1. The fraction of sp³-hybridized carbons (Fsp3) is 0.316. The molecule has 3 N–H and O–H groups in total. The van der Waals surface area contributed by atoms with Gasteiger partial charge in [0.1, 0.15) is 5.56 Å². The molecule has 0 bridgehead atoms. The molecule has 1 fully saturated rings. The second kappa shape index (κ2) is 8.49. The first-order chi connectivity index (χ1) is 13.4. The van der Waals surface area contributed by atoms with Gasteiger partial charge in [-0.05, 0) is 43.2 Å². The van der Waals surface area contributed by atoms with Gasteiger partial charge in [0.25, 0.3) is 11.8 Å². The summed E-state index contributed by atoms with van der Waals surface area (Å²) < 4.78 is 28.3. The molecular weight excluding hydrogens is 380 g/mol. The molecule has 0 saturated carbocycles. The van der Waals surface area contributed by atoms with Crippen molar-refractivity contribution in [1.29, 1.82) is 0 Å². The van der Waals surface area contributed by atoms with Crippen molar-refractivity contribution in [2.45, 2.75) is 30.7 Å². The maximum Gasteiger partial charge on any atom is 0.290 e. The smallest absolute Gasteiger partial charge is 0.290 e. The quantitative estimate of drug-likeness (QED) is 0.697. The molecule has 28 heavy (non-hydrogen) atoms. The van der Waals surface area contributed by atoms with Gasteiger partial charge in [0, 0.05) is 24.8 Å². The second-order valence-corrected chi connectivity index (χ2v) is 8.60. The number of benzene rings is 1. The topological polar surface area (TPSA) is 113 Å². The highest BCUT2D eigenvalue weighted by Gasteiger charge is 2.25. The van der Waals surface area contributed by atoms with Crippen LogP contribution in [0.25, 0.3) is 0 Å². The minimum atomic E-state index is -3.50. The average Bonchev–Trinajstić information content (AvgIpc) is 2.69. The van der Waals surface area contributed by atoms with Gasteiger partial charge in [0.2, 0.25) is 16.6 Å². The number of nitrogens with two attached hydrogens (primary N) is 1. The van der Waals surface area contributed by atoms with E-state index >= 15 is 0 Å². The standard InChI is InChI=1S/C19H22N4O4S/c20-19(25)15-5-4-10-22(13-15)14-18(24)21-16-6-8-17(9-7-16)28(26,27)23-11-2-1-3-12-23/h4-10,13H,1-3,11-12,14H2,(H2-,20,21,24,25)/p+1. The summed E-state index contributed by atoms with van der Waals surface area (Å²) in [5, 5.41) is 2.71. The zero-order chi connectivity index (χ0) is 20.1. The molecule has 0 spiro atoms. The summed E-state index contributed by atoms with van der Waals surface area (Å²) in [4.78, 5) is 23.6. The summed E-state index contributed by atoms with van der Waals surface area (Å²) in [7, 11) is -3.50. The lowest BCUT2D eigenvalue weighted by Gasteiger charge is -2.25. The highest BCUT2D eigenvalue weighted by Crippen LogP contribution is 2.21. The van der Waals surface area contributed by atoms with Crippen LogP contribution in [0.1, 0.15) is 29.6 Å². The van der Waals surface area contributed by atoms with E-state index in [-0.39, 0.29) is 17.3 Å². The first kappa shape index (κ1) is 20.0. The zero-order valence-corrected chi connectivity index (χ0v) is 16.2. The Morgan fingerprint density at radius 3 is 2.39 bits per heavy atom. The summed E-state index contributed by atoms with van der Waals surface area (Å²) in [5.41, 5.74) is 6.04. The largest absolute Gasteiger partial charge is 0.365 e. The highest BCUT2D eigenvalue weighted by atomic mass is 32.2. The minimum absolute atomic E-state index is 0.00501.